The van der Waals surface area contributed by atoms with Crippen LogP contribution in [0.4, 0.5) is 0 Å². The molecule has 0 spiro atoms. The summed E-state index contributed by atoms with van der Waals surface area (Å²) in [6.45, 7) is 4.25. The van der Waals surface area contributed by atoms with E-state index in [1.807, 2.05) is 0 Å². The van der Waals surface area contributed by atoms with E-state index in [1.165, 1.54) is 24.3 Å². The quantitative estimate of drug-likeness (QED) is 0.0556. The number of carbonyl (C=O) groups excluding carboxylic acids is 2. The van der Waals surface area contributed by atoms with E-state index in [0.29, 0.717) is 37.6 Å². The summed E-state index contributed by atoms with van der Waals surface area (Å²) in [4.78, 5) is 27.0. The summed E-state index contributed by atoms with van der Waals surface area (Å²) in [5, 5.41) is 34.4. The number of ketones is 2. The third-order valence-corrected chi connectivity index (χ3v) is 8.12. The van der Waals surface area contributed by atoms with Gasteiger partial charge in [-0.25, -0.2) is 0 Å². The second kappa shape index (κ2) is 20.1. The van der Waals surface area contributed by atoms with Crippen molar-refractivity contribution in [3.05, 3.63) is 51.9 Å². The summed E-state index contributed by atoms with van der Waals surface area (Å²) in [5.74, 6) is -1.21. The number of rotatable bonds is 24. The molecule has 0 heterocycles. The molecule has 0 fully saturated rings. The lowest BCUT2D eigenvalue weighted by Crippen LogP contribution is -2.34. The monoisotopic (exact) mass is 644 g/mol. The largest absolute Gasteiger partial charge is 0.507 e. The second-order valence-corrected chi connectivity index (χ2v) is 11.3. The van der Waals surface area contributed by atoms with Gasteiger partial charge < -0.3 is 50.4 Å². The average molecular weight is 645 g/mol. The highest BCUT2D eigenvalue weighted by Crippen LogP contribution is 2.41. The molecule has 0 aromatic heterocycles. The number of phenols is 2. The lowest BCUT2D eigenvalue weighted by Gasteiger charge is -2.28. The number of hydrogen-bond acceptors (Lipinski definition) is 12. The highest BCUT2D eigenvalue weighted by atomic mass is 16.7. The van der Waals surface area contributed by atoms with Gasteiger partial charge in [-0.15, -0.1) is 0 Å². The number of unbranched alkanes of at least 4 members (excludes halogenated alkanes) is 6. The van der Waals surface area contributed by atoms with E-state index in [9.17, 15) is 19.8 Å². The Morgan fingerprint density at radius 1 is 0.652 bits per heavy atom. The first-order valence-corrected chi connectivity index (χ1v) is 16.2. The summed E-state index contributed by atoms with van der Waals surface area (Å²) in [5.41, 5.74) is 1.70. The molecule has 1 aromatic rings. The number of Topliss-reactive ketones (excluding diaryl/α,β-unsaturated/α-hetero) is 1. The maximum Gasteiger partial charge on any atom is 0.200 e. The van der Waals surface area contributed by atoms with Crippen molar-refractivity contribution in [3.63, 3.8) is 0 Å². The minimum atomic E-state index is -0.489. The molecule has 0 unspecified atom stereocenters. The van der Waals surface area contributed by atoms with Crippen LogP contribution in [0.2, 0.25) is 0 Å². The predicted molar refractivity (Wildman–Crippen MR) is 176 cm³/mol. The van der Waals surface area contributed by atoms with Gasteiger partial charge in [-0.1, -0.05) is 25.7 Å². The fourth-order valence-corrected chi connectivity index (χ4v) is 5.49. The topological polar surface area (TPSA) is 160 Å². The molecular formula is C34H52N4O8. The predicted octanol–water partition coefficient (Wildman–Crippen LogP) is 3.12. The molecule has 1 aromatic carbocycles. The van der Waals surface area contributed by atoms with Gasteiger partial charge in [0, 0.05) is 71.8 Å². The molecule has 2 aliphatic rings. The summed E-state index contributed by atoms with van der Waals surface area (Å²) < 4.78 is 20.7. The third-order valence-electron chi connectivity index (χ3n) is 8.12. The van der Waals surface area contributed by atoms with E-state index in [-0.39, 0.29) is 52.1 Å². The third kappa shape index (κ3) is 10.6. The molecule has 256 valence electrons. The van der Waals surface area contributed by atoms with Crippen LogP contribution in [0.3, 0.4) is 0 Å². The van der Waals surface area contributed by atoms with Crippen LogP contribution < -0.4 is 21.3 Å². The van der Waals surface area contributed by atoms with E-state index >= 15 is 0 Å². The summed E-state index contributed by atoms with van der Waals surface area (Å²) in [7, 11) is 6.47. The van der Waals surface area contributed by atoms with Crippen molar-refractivity contribution < 1.29 is 38.7 Å². The number of carbonyl (C=O) groups is 2. The lowest BCUT2D eigenvalue weighted by atomic mass is 9.80. The fourth-order valence-electron chi connectivity index (χ4n) is 5.49. The number of allylic oxidation sites excluding steroid dienone is 3. The van der Waals surface area contributed by atoms with Crippen LogP contribution in [-0.2, 0) is 23.7 Å². The van der Waals surface area contributed by atoms with Gasteiger partial charge in [0.15, 0.2) is 24.1 Å². The first-order valence-electron chi connectivity index (χ1n) is 16.2. The van der Waals surface area contributed by atoms with Crippen LogP contribution in [0.15, 0.2) is 40.7 Å². The van der Waals surface area contributed by atoms with Crippen molar-refractivity contribution in [2.45, 2.75) is 63.9 Å². The van der Waals surface area contributed by atoms with Crippen LogP contribution in [0, 0.1) is 0 Å². The molecule has 3 rings (SSSR count). The van der Waals surface area contributed by atoms with E-state index in [4.69, 9.17) is 18.9 Å². The van der Waals surface area contributed by atoms with Crippen LogP contribution in [-0.4, -0.2) is 102 Å². The lowest BCUT2D eigenvalue weighted by molar-refractivity contribution is -0.111. The number of methoxy groups -OCH3 is 4. The molecule has 0 atom stereocenters. The number of fused-ring (bicyclic) bond motifs is 2. The van der Waals surface area contributed by atoms with Crippen LogP contribution in [0.1, 0.15) is 67.3 Å². The Labute approximate surface area is 272 Å². The molecule has 6 N–H and O–H groups in total. The van der Waals surface area contributed by atoms with Crippen LogP contribution >= 0.6 is 0 Å². The van der Waals surface area contributed by atoms with Crippen molar-refractivity contribution in [1.82, 2.24) is 21.3 Å². The average Bonchev–Trinajstić information content (AvgIpc) is 3.05. The maximum atomic E-state index is 13.8. The molecule has 0 bridgehead atoms. The summed E-state index contributed by atoms with van der Waals surface area (Å²) in [6, 6.07) is 2.61. The molecule has 12 nitrogen and oxygen atoms in total. The van der Waals surface area contributed by atoms with Crippen molar-refractivity contribution in [1.29, 1.82) is 0 Å². The molecule has 2 aliphatic carbocycles. The molecule has 0 radical (unpaired) electrons. The van der Waals surface area contributed by atoms with E-state index in [1.54, 1.807) is 28.4 Å². The zero-order valence-corrected chi connectivity index (χ0v) is 27.7. The highest BCUT2D eigenvalue weighted by Gasteiger charge is 2.37. The Kier molecular flexibility index (Phi) is 16.2. The second-order valence-electron chi connectivity index (χ2n) is 11.3. The first kappa shape index (κ1) is 37.2. The number of phenolic OH excluding ortho intramolecular Hbond substituents is 2. The molecule has 0 saturated carbocycles. The molecule has 12 heteroatoms. The normalized spacial score (nSPS) is 14.5. The molecule has 0 amide bonds. The zero-order chi connectivity index (χ0) is 33.3. The molecular weight excluding hydrogens is 592 g/mol. The van der Waals surface area contributed by atoms with Gasteiger partial charge in [0.2, 0.25) is 0 Å². The van der Waals surface area contributed by atoms with Crippen LogP contribution in [0.25, 0.3) is 6.08 Å². The van der Waals surface area contributed by atoms with Crippen molar-refractivity contribution >= 4 is 17.6 Å². The van der Waals surface area contributed by atoms with Gasteiger partial charge in [0.25, 0.3) is 0 Å². The SMILES string of the molecule is COC(CNCCCCCCNC1=CC(=O)C2=Cc3c(O)ccc(O)c3C(=O)C2=C1NCCCCCCNCC(OC)OC)OC. The Morgan fingerprint density at radius 3 is 1.70 bits per heavy atom. The summed E-state index contributed by atoms with van der Waals surface area (Å²) >= 11 is 0. The van der Waals surface area contributed by atoms with Crippen LogP contribution in [0.5, 0.6) is 11.5 Å². The number of benzene rings is 1. The minimum absolute atomic E-state index is 0.000265. The first-order chi connectivity index (χ1) is 22.4. The number of hydrogen-bond donors (Lipinski definition) is 6. The fraction of sp³-hybridized carbons (Fsp3) is 0.588. The van der Waals surface area contributed by atoms with Gasteiger partial charge in [0.05, 0.1) is 22.5 Å². The Hall–Kier alpha value is -3.26. The van der Waals surface area contributed by atoms with E-state index in [2.05, 4.69) is 21.3 Å². The smallest absolute Gasteiger partial charge is 0.200 e. The molecule has 0 saturated heterocycles. The number of ether oxygens (including phenoxy) is 4. The molecule has 0 aliphatic heterocycles. The van der Waals surface area contributed by atoms with Gasteiger partial charge in [-0.3, -0.25) is 9.59 Å². The van der Waals surface area contributed by atoms with Gasteiger partial charge in [-0.2, -0.15) is 0 Å². The zero-order valence-electron chi connectivity index (χ0n) is 27.7. The van der Waals surface area contributed by atoms with E-state index in [0.717, 1.165) is 64.5 Å². The minimum Gasteiger partial charge on any atom is -0.507 e. The van der Waals surface area contributed by atoms with Crippen molar-refractivity contribution in [2.24, 2.45) is 0 Å². The standard InChI is InChI=1S/C34H52N4O8/c1-43-29(44-2)21-35-15-9-5-7-11-17-37-25-20-28(41)24-19-23-26(39)13-14-27(40)31(23)34(42)32(24)33(25)38-18-12-8-6-10-16-36-22-30(45-3)46-4/h13-14,19-20,29-30,35-40H,5-12,15-18,21-22H2,1-4H3. The maximum absolute atomic E-state index is 13.8. The van der Waals surface area contributed by atoms with Gasteiger partial charge >= 0.3 is 0 Å². The van der Waals surface area contributed by atoms with Gasteiger partial charge in [-0.05, 0) is 57.0 Å². The molecule has 46 heavy (non-hydrogen) atoms. The number of nitrogens with one attached hydrogen (secondary N) is 4. The van der Waals surface area contributed by atoms with Crippen molar-refractivity contribution in [2.75, 3.05) is 67.7 Å². The summed E-state index contributed by atoms with van der Waals surface area (Å²) in [6.07, 6.45) is 10.4. The Balaban J connectivity index is 1.58. The highest BCUT2D eigenvalue weighted by molar-refractivity contribution is 6.29. The van der Waals surface area contributed by atoms with E-state index < -0.39 is 5.78 Å². The Bertz CT molecular complexity index is 1240. The Morgan fingerprint density at radius 2 is 1.15 bits per heavy atom. The number of aromatic hydroxyl groups is 2. The van der Waals surface area contributed by atoms with Gasteiger partial charge in [0.1, 0.15) is 11.5 Å². The van der Waals surface area contributed by atoms with Crippen molar-refractivity contribution in [3.8, 4) is 11.5 Å².